The van der Waals surface area contributed by atoms with Crippen LogP contribution in [0.3, 0.4) is 0 Å². The highest BCUT2D eigenvalue weighted by Crippen LogP contribution is 2.36. The average Bonchev–Trinajstić information content (AvgIpc) is 2.86. The number of nitrogens with zero attached hydrogens (tertiary/aromatic N) is 4. The summed E-state index contributed by atoms with van der Waals surface area (Å²) in [4.78, 5) is 41.6. The molecule has 2 heterocycles. The van der Waals surface area contributed by atoms with Gasteiger partial charge in [-0.15, -0.1) is 0 Å². The van der Waals surface area contributed by atoms with Crippen LogP contribution in [0.25, 0.3) is 0 Å². The predicted octanol–water partition coefficient (Wildman–Crippen LogP) is 5.87. The van der Waals surface area contributed by atoms with Crippen LogP contribution in [0.4, 0.5) is 46.9 Å². The van der Waals surface area contributed by atoms with Gasteiger partial charge in [-0.3, -0.25) is 4.79 Å². The molecule has 40 heavy (non-hydrogen) atoms. The third kappa shape index (κ3) is 7.26. The minimum Gasteiger partial charge on any atom is -0.339 e. The van der Waals surface area contributed by atoms with Crippen LogP contribution >= 0.6 is 11.6 Å². The van der Waals surface area contributed by atoms with Crippen molar-refractivity contribution in [1.82, 2.24) is 19.9 Å². The molecule has 0 aliphatic carbocycles. The van der Waals surface area contributed by atoms with Gasteiger partial charge in [0.05, 0.1) is 10.6 Å². The van der Waals surface area contributed by atoms with Gasteiger partial charge < -0.3 is 25.8 Å². The topological polar surface area (TPSA) is 128 Å². The Bertz CT molecular complexity index is 1610. The van der Waals surface area contributed by atoms with E-state index >= 15 is 0 Å². The van der Waals surface area contributed by atoms with Gasteiger partial charge >= 0.3 is 12.2 Å². The number of H-pyrrole nitrogens is 1. The number of nitrogens with one attached hydrogen (secondary N) is 4. The van der Waals surface area contributed by atoms with Gasteiger partial charge in [-0.05, 0) is 61.4 Å². The Morgan fingerprint density at radius 3 is 2.40 bits per heavy atom. The second kappa shape index (κ2) is 11.6. The largest absolute Gasteiger partial charge is 0.417 e. The first kappa shape index (κ1) is 28.4. The molecule has 2 amide bonds. The molecular formula is C26H24ClF3N8O2. The molecule has 10 nitrogen and oxygen atoms in total. The number of halogens is 4. The molecule has 4 rings (SSSR count). The lowest BCUT2D eigenvalue weighted by Gasteiger charge is -2.18. The summed E-state index contributed by atoms with van der Waals surface area (Å²) < 4.78 is 39.4. The number of urea groups is 1. The van der Waals surface area contributed by atoms with Crippen LogP contribution in [0, 0.1) is 13.8 Å². The van der Waals surface area contributed by atoms with Crippen LogP contribution in [-0.4, -0.2) is 33.0 Å². The van der Waals surface area contributed by atoms with Crippen molar-refractivity contribution in [1.29, 1.82) is 0 Å². The first-order chi connectivity index (χ1) is 18.9. The molecule has 0 radical (unpaired) electrons. The molecule has 0 atom stereocenters. The smallest absolute Gasteiger partial charge is 0.339 e. The number of aryl methyl sites for hydroxylation is 2. The van der Waals surface area contributed by atoms with Crippen molar-refractivity contribution in [3.8, 4) is 0 Å². The summed E-state index contributed by atoms with van der Waals surface area (Å²) in [6.45, 7) is 3.94. The second-order valence-corrected chi connectivity index (χ2v) is 9.26. The van der Waals surface area contributed by atoms with Crippen molar-refractivity contribution in [2.24, 2.45) is 0 Å². The highest BCUT2D eigenvalue weighted by molar-refractivity contribution is 6.31. The molecule has 2 aromatic heterocycles. The minimum absolute atomic E-state index is 0.0721. The Balaban J connectivity index is 1.48. The van der Waals surface area contributed by atoms with Crippen LogP contribution < -0.4 is 26.4 Å². The van der Waals surface area contributed by atoms with Gasteiger partial charge in [0.1, 0.15) is 5.82 Å². The van der Waals surface area contributed by atoms with Crippen LogP contribution in [0.1, 0.15) is 22.5 Å². The summed E-state index contributed by atoms with van der Waals surface area (Å²) in [6, 6.07) is 10.6. The molecule has 2 aromatic carbocycles. The SMILES string of the molecule is Cc1nc(Nc2cc(NC(=O)Nc3ccc(Cl)c(C(F)(F)F)c3)ccc2C)nc(N(C)Cc2cc[nH]c(=O)c2)n1. The number of carbonyl (C=O) groups is 1. The van der Waals surface area contributed by atoms with E-state index in [0.717, 1.165) is 23.3 Å². The molecule has 0 spiro atoms. The number of pyridine rings is 1. The molecule has 0 saturated carbocycles. The predicted molar refractivity (Wildman–Crippen MR) is 147 cm³/mol. The summed E-state index contributed by atoms with van der Waals surface area (Å²) in [5, 5.41) is 7.62. The van der Waals surface area contributed by atoms with E-state index in [9.17, 15) is 22.8 Å². The summed E-state index contributed by atoms with van der Waals surface area (Å²) >= 11 is 5.64. The molecule has 0 aliphatic heterocycles. The Kier molecular flexibility index (Phi) is 8.24. The van der Waals surface area contributed by atoms with Crippen LogP contribution in [-0.2, 0) is 12.7 Å². The number of anilines is 5. The summed E-state index contributed by atoms with van der Waals surface area (Å²) in [5.41, 5.74) is 1.21. The van der Waals surface area contributed by atoms with E-state index in [4.69, 9.17) is 11.6 Å². The number of carbonyl (C=O) groups excluding carboxylic acids is 1. The Morgan fingerprint density at radius 2 is 1.70 bits per heavy atom. The molecule has 4 aromatic rings. The third-order valence-corrected chi connectivity index (χ3v) is 5.94. The second-order valence-electron chi connectivity index (χ2n) is 8.85. The molecule has 0 bridgehead atoms. The number of alkyl halides is 3. The Hall–Kier alpha value is -4.65. The van der Waals surface area contributed by atoms with Crippen LogP contribution in [0.2, 0.25) is 5.02 Å². The maximum absolute atomic E-state index is 13.1. The zero-order valence-electron chi connectivity index (χ0n) is 21.5. The first-order valence-electron chi connectivity index (χ1n) is 11.8. The monoisotopic (exact) mass is 572 g/mol. The summed E-state index contributed by atoms with van der Waals surface area (Å²) in [6.07, 6.45) is -3.10. The quantitative estimate of drug-likeness (QED) is 0.218. The van der Waals surface area contributed by atoms with Gasteiger partial charge in [0.15, 0.2) is 0 Å². The van der Waals surface area contributed by atoms with Gasteiger partial charge in [0.25, 0.3) is 0 Å². The fraction of sp³-hybridized carbons (Fsp3) is 0.192. The maximum atomic E-state index is 13.1. The lowest BCUT2D eigenvalue weighted by Crippen LogP contribution is -2.21. The Morgan fingerprint density at radius 1 is 1.00 bits per heavy atom. The van der Waals surface area contributed by atoms with E-state index in [0.29, 0.717) is 29.7 Å². The molecule has 0 fully saturated rings. The van der Waals surface area contributed by atoms with E-state index in [-0.39, 0.29) is 17.2 Å². The van der Waals surface area contributed by atoms with Gasteiger partial charge in [-0.1, -0.05) is 17.7 Å². The van der Waals surface area contributed by atoms with Crippen molar-refractivity contribution in [3.05, 3.63) is 92.6 Å². The molecule has 0 unspecified atom stereocenters. The van der Waals surface area contributed by atoms with E-state index in [2.05, 4.69) is 35.9 Å². The lowest BCUT2D eigenvalue weighted by atomic mass is 10.2. The number of aromatic nitrogens is 4. The van der Waals surface area contributed by atoms with E-state index < -0.39 is 22.8 Å². The van der Waals surface area contributed by atoms with Crippen molar-refractivity contribution in [2.75, 3.05) is 27.9 Å². The normalized spacial score (nSPS) is 11.2. The van der Waals surface area contributed by atoms with Gasteiger partial charge in [0, 0.05) is 42.9 Å². The van der Waals surface area contributed by atoms with E-state index in [1.165, 1.54) is 12.1 Å². The molecule has 208 valence electrons. The zero-order valence-corrected chi connectivity index (χ0v) is 22.3. The number of rotatable bonds is 7. The lowest BCUT2D eigenvalue weighted by molar-refractivity contribution is -0.137. The summed E-state index contributed by atoms with van der Waals surface area (Å²) in [5.74, 6) is 1.09. The number of amides is 2. The number of aromatic amines is 1. The first-order valence-corrected chi connectivity index (χ1v) is 12.2. The summed E-state index contributed by atoms with van der Waals surface area (Å²) in [7, 11) is 1.78. The molecule has 0 aliphatic rings. The molecule has 0 saturated heterocycles. The van der Waals surface area contributed by atoms with Crippen molar-refractivity contribution >= 4 is 46.6 Å². The standard InChI is InChI=1S/C26H24ClF3N8O2/c1-14-4-5-18(35-25(40)34-17-6-7-20(27)19(11-17)26(28,29)30)12-21(14)36-23-32-15(2)33-24(37-23)38(3)13-16-8-9-31-22(39)10-16/h4-12H,13H2,1-3H3,(H,31,39)(H2,34,35,40)(H,32,33,36,37). The average molecular weight is 573 g/mol. The van der Waals surface area contributed by atoms with Crippen molar-refractivity contribution < 1.29 is 18.0 Å². The molecule has 4 N–H and O–H groups in total. The fourth-order valence-electron chi connectivity index (χ4n) is 3.69. The van der Waals surface area contributed by atoms with E-state index in [1.54, 1.807) is 49.3 Å². The minimum atomic E-state index is -4.66. The molecular weight excluding hydrogens is 549 g/mol. The zero-order chi connectivity index (χ0) is 29.0. The van der Waals surface area contributed by atoms with Crippen LogP contribution in [0.5, 0.6) is 0 Å². The van der Waals surface area contributed by atoms with Gasteiger partial charge in [-0.25, -0.2) is 4.79 Å². The Labute approximate surface area is 231 Å². The number of hydrogen-bond donors (Lipinski definition) is 4. The van der Waals surface area contributed by atoms with Crippen LogP contribution in [0.15, 0.2) is 59.5 Å². The van der Waals surface area contributed by atoms with Gasteiger partial charge in [-0.2, -0.15) is 28.1 Å². The molecule has 14 heteroatoms. The highest BCUT2D eigenvalue weighted by atomic mass is 35.5. The maximum Gasteiger partial charge on any atom is 0.417 e. The highest BCUT2D eigenvalue weighted by Gasteiger charge is 2.33. The van der Waals surface area contributed by atoms with E-state index in [1.807, 2.05) is 6.92 Å². The third-order valence-electron chi connectivity index (χ3n) is 5.61. The number of hydrogen-bond acceptors (Lipinski definition) is 7. The fourth-order valence-corrected chi connectivity index (χ4v) is 3.92. The van der Waals surface area contributed by atoms with Gasteiger partial charge in [0.2, 0.25) is 17.5 Å². The van der Waals surface area contributed by atoms with Crippen molar-refractivity contribution in [3.63, 3.8) is 0 Å². The van der Waals surface area contributed by atoms with Crippen molar-refractivity contribution in [2.45, 2.75) is 26.6 Å². The number of benzene rings is 2.